The van der Waals surface area contributed by atoms with E-state index >= 15 is 0 Å². The van der Waals surface area contributed by atoms with Crippen molar-refractivity contribution in [2.24, 2.45) is 11.8 Å². The SMILES string of the molecule is CCCCC1CCC(C(=O)NCC(F)(F)CO)CC1. The number of carbonyl (C=O) groups excluding carboxylic acids is 1. The van der Waals surface area contributed by atoms with Crippen molar-refractivity contribution in [3.63, 3.8) is 0 Å². The predicted molar refractivity (Wildman–Crippen MR) is 70.0 cm³/mol. The molecule has 0 aliphatic heterocycles. The van der Waals surface area contributed by atoms with E-state index in [0.29, 0.717) is 5.92 Å². The zero-order valence-corrected chi connectivity index (χ0v) is 11.6. The summed E-state index contributed by atoms with van der Waals surface area (Å²) >= 11 is 0. The summed E-state index contributed by atoms with van der Waals surface area (Å²) in [6.45, 7) is 0.176. The first kappa shape index (κ1) is 16.3. The number of hydrogen-bond donors (Lipinski definition) is 2. The van der Waals surface area contributed by atoms with Gasteiger partial charge in [0.25, 0.3) is 5.92 Å². The van der Waals surface area contributed by atoms with Gasteiger partial charge in [0.1, 0.15) is 6.61 Å². The van der Waals surface area contributed by atoms with Gasteiger partial charge in [-0.2, -0.15) is 0 Å². The fourth-order valence-corrected chi connectivity index (χ4v) is 2.62. The topological polar surface area (TPSA) is 49.3 Å². The molecule has 3 nitrogen and oxygen atoms in total. The number of hydrogen-bond acceptors (Lipinski definition) is 2. The van der Waals surface area contributed by atoms with Gasteiger partial charge in [-0.1, -0.05) is 26.2 Å². The number of alkyl halides is 2. The molecule has 112 valence electrons. The van der Waals surface area contributed by atoms with Crippen molar-refractivity contribution in [2.45, 2.75) is 57.8 Å². The smallest absolute Gasteiger partial charge is 0.287 e. The van der Waals surface area contributed by atoms with Crippen LogP contribution >= 0.6 is 0 Å². The third-order valence-electron chi connectivity index (χ3n) is 3.94. The van der Waals surface area contributed by atoms with Crippen LogP contribution in [0.25, 0.3) is 0 Å². The molecule has 2 N–H and O–H groups in total. The molecule has 0 heterocycles. The Labute approximate surface area is 113 Å². The van der Waals surface area contributed by atoms with Crippen LogP contribution in [0.1, 0.15) is 51.9 Å². The van der Waals surface area contributed by atoms with Crippen LogP contribution in [0, 0.1) is 11.8 Å². The van der Waals surface area contributed by atoms with E-state index in [-0.39, 0.29) is 11.8 Å². The molecule has 0 spiro atoms. The second-order valence-electron chi connectivity index (χ2n) is 5.59. The van der Waals surface area contributed by atoms with Gasteiger partial charge in [-0.25, -0.2) is 8.78 Å². The predicted octanol–water partition coefficient (Wildman–Crippen LogP) is 2.73. The molecule has 19 heavy (non-hydrogen) atoms. The van der Waals surface area contributed by atoms with E-state index < -0.39 is 19.1 Å². The summed E-state index contributed by atoms with van der Waals surface area (Å²) in [5.74, 6) is -2.94. The van der Waals surface area contributed by atoms with E-state index in [2.05, 4.69) is 12.2 Å². The molecule has 1 fully saturated rings. The highest BCUT2D eigenvalue weighted by atomic mass is 19.3. The lowest BCUT2D eigenvalue weighted by molar-refractivity contribution is -0.129. The van der Waals surface area contributed by atoms with Crippen LogP contribution in [0.2, 0.25) is 0 Å². The number of nitrogens with one attached hydrogen (secondary N) is 1. The normalized spacial score (nSPS) is 24.2. The molecular formula is C14H25F2NO2. The minimum Gasteiger partial charge on any atom is -0.390 e. The molecule has 0 unspecified atom stereocenters. The lowest BCUT2D eigenvalue weighted by Crippen LogP contribution is -2.42. The van der Waals surface area contributed by atoms with Crippen LogP contribution in [0.5, 0.6) is 0 Å². The first-order valence-corrected chi connectivity index (χ1v) is 7.25. The van der Waals surface area contributed by atoms with Crippen LogP contribution < -0.4 is 5.32 Å². The third kappa shape index (κ3) is 5.85. The van der Waals surface area contributed by atoms with Crippen molar-refractivity contribution in [1.82, 2.24) is 5.32 Å². The first-order chi connectivity index (χ1) is 8.98. The maximum atomic E-state index is 12.8. The highest BCUT2D eigenvalue weighted by molar-refractivity contribution is 5.78. The van der Waals surface area contributed by atoms with Crippen LogP contribution in [-0.2, 0) is 4.79 Å². The fourth-order valence-electron chi connectivity index (χ4n) is 2.62. The lowest BCUT2D eigenvalue weighted by Gasteiger charge is -2.28. The molecular weight excluding hydrogens is 252 g/mol. The van der Waals surface area contributed by atoms with E-state index in [0.717, 1.165) is 25.7 Å². The quantitative estimate of drug-likeness (QED) is 0.751. The summed E-state index contributed by atoms with van der Waals surface area (Å²) in [5, 5.41) is 10.7. The van der Waals surface area contributed by atoms with E-state index in [9.17, 15) is 13.6 Å². The fraction of sp³-hybridized carbons (Fsp3) is 0.929. The van der Waals surface area contributed by atoms with Gasteiger partial charge in [-0.15, -0.1) is 0 Å². The monoisotopic (exact) mass is 277 g/mol. The summed E-state index contributed by atoms with van der Waals surface area (Å²) in [6.07, 6.45) is 7.27. The van der Waals surface area contributed by atoms with E-state index in [4.69, 9.17) is 5.11 Å². The number of unbranched alkanes of at least 4 members (excludes halogenated alkanes) is 1. The van der Waals surface area contributed by atoms with Crippen molar-refractivity contribution in [1.29, 1.82) is 0 Å². The average Bonchev–Trinajstić information content (AvgIpc) is 2.43. The maximum absolute atomic E-state index is 12.8. The highest BCUT2D eigenvalue weighted by Gasteiger charge is 2.31. The molecule has 0 radical (unpaired) electrons. The van der Waals surface area contributed by atoms with Crippen LogP contribution in [-0.4, -0.2) is 30.1 Å². The Bertz CT molecular complexity index is 277. The molecule has 0 saturated heterocycles. The second kappa shape index (κ2) is 7.78. The second-order valence-corrected chi connectivity index (χ2v) is 5.59. The molecule has 1 saturated carbocycles. The van der Waals surface area contributed by atoms with Crippen molar-refractivity contribution >= 4 is 5.91 Å². The number of aliphatic hydroxyl groups is 1. The van der Waals surface area contributed by atoms with E-state index in [1.54, 1.807) is 0 Å². The number of aliphatic hydroxyl groups excluding tert-OH is 1. The minimum absolute atomic E-state index is 0.132. The van der Waals surface area contributed by atoms with Gasteiger partial charge in [0.2, 0.25) is 5.91 Å². The first-order valence-electron chi connectivity index (χ1n) is 7.25. The Balaban J connectivity index is 2.25. The molecule has 1 rings (SSSR count). The van der Waals surface area contributed by atoms with Gasteiger partial charge >= 0.3 is 0 Å². The molecule has 0 atom stereocenters. The van der Waals surface area contributed by atoms with Gasteiger partial charge in [-0.3, -0.25) is 4.79 Å². The highest BCUT2D eigenvalue weighted by Crippen LogP contribution is 2.32. The Morgan fingerprint density at radius 1 is 1.32 bits per heavy atom. The summed E-state index contributed by atoms with van der Waals surface area (Å²) in [7, 11) is 0. The molecule has 1 aliphatic rings. The molecule has 0 bridgehead atoms. The Morgan fingerprint density at radius 2 is 1.95 bits per heavy atom. The van der Waals surface area contributed by atoms with Crippen LogP contribution in [0.4, 0.5) is 8.78 Å². The van der Waals surface area contributed by atoms with Gasteiger partial charge in [0, 0.05) is 5.92 Å². The standard InChI is InChI=1S/C14H25F2NO2/c1-2-3-4-11-5-7-12(8-6-11)13(19)17-9-14(15,16)10-18/h11-12,18H,2-10H2,1H3,(H,17,19). The van der Waals surface area contributed by atoms with Crippen LogP contribution in [0.15, 0.2) is 0 Å². The largest absolute Gasteiger partial charge is 0.390 e. The molecule has 1 aliphatic carbocycles. The molecule has 1 amide bonds. The summed E-state index contributed by atoms with van der Waals surface area (Å²) in [5.41, 5.74) is 0. The van der Waals surface area contributed by atoms with Gasteiger partial charge in [0.15, 0.2) is 0 Å². The minimum atomic E-state index is -3.21. The van der Waals surface area contributed by atoms with E-state index in [1.807, 2.05) is 0 Å². The number of carbonyl (C=O) groups is 1. The Morgan fingerprint density at radius 3 is 2.47 bits per heavy atom. The van der Waals surface area contributed by atoms with Crippen molar-refractivity contribution in [2.75, 3.05) is 13.2 Å². The summed E-state index contributed by atoms with van der Waals surface area (Å²) in [6, 6.07) is 0. The zero-order chi connectivity index (χ0) is 14.3. The number of amides is 1. The van der Waals surface area contributed by atoms with Crippen molar-refractivity contribution in [3.8, 4) is 0 Å². The van der Waals surface area contributed by atoms with Gasteiger partial charge in [-0.05, 0) is 31.6 Å². The lowest BCUT2D eigenvalue weighted by atomic mass is 9.79. The van der Waals surface area contributed by atoms with Crippen molar-refractivity contribution < 1.29 is 18.7 Å². The number of halogens is 2. The van der Waals surface area contributed by atoms with Gasteiger partial charge in [0.05, 0.1) is 6.54 Å². The zero-order valence-electron chi connectivity index (χ0n) is 11.6. The van der Waals surface area contributed by atoms with Gasteiger partial charge < -0.3 is 10.4 Å². The molecule has 0 aromatic rings. The maximum Gasteiger partial charge on any atom is 0.287 e. The van der Waals surface area contributed by atoms with E-state index in [1.165, 1.54) is 19.3 Å². The number of rotatable bonds is 7. The van der Waals surface area contributed by atoms with Crippen LogP contribution in [0.3, 0.4) is 0 Å². The summed E-state index contributed by atoms with van der Waals surface area (Å²) in [4.78, 5) is 11.8. The molecule has 0 aromatic heterocycles. The Hall–Kier alpha value is -0.710. The molecule has 0 aromatic carbocycles. The summed E-state index contributed by atoms with van der Waals surface area (Å²) < 4.78 is 25.6. The average molecular weight is 277 g/mol. The third-order valence-corrected chi connectivity index (χ3v) is 3.94. The van der Waals surface area contributed by atoms with Crippen molar-refractivity contribution in [3.05, 3.63) is 0 Å². The Kier molecular flexibility index (Phi) is 6.69. The molecule has 5 heteroatoms.